The molecule has 4 nitrogen and oxygen atoms in total. The fourth-order valence-electron chi connectivity index (χ4n) is 2.06. The van der Waals surface area contributed by atoms with Gasteiger partial charge in [0, 0.05) is 13.6 Å². The van der Waals surface area contributed by atoms with Crippen LogP contribution in [0, 0.1) is 0 Å². The number of likely N-dealkylation sites (N-methyl/N-ethyl adjacent to an activating group) is 1. The second-order valence-electron chi connectivity index (χ2n) is 5.27. The maximum Gasteiger partial charge on any atom is 0.260 e. The van der Waals surface area contributed by atoms with E-state index in [0.29, 0.717) is 12.3 Å². The SMILES string of the molecule is CC(O)c1cccc(OCC(=O)N(C)Cc2ccccc2)c1. The Bertz CT molecular complexity index is 611. The van der Waals surface area contributed by atoms with Crippen LogP contribution in [0.15, 0.2) is 54.6 Å². The first kappa shape index (κ1) is 16.0. The number of carbonyl (C=O) groups is 1. The molecule has 1 N–H and O–H groups in total. The summed E-state index contributed by atoms with van der Waals surface area (Å²) in [6.45, 7) is 2.22. The molecule has 22 heavy (non-hydrogen) atoms. The third kappa shape index (κ3) is 4.60. The Labute approximate surface area is 131 Å². The van der Waals surface area contributed by atoms with Gasteiger partial charge in [-0.05, 0) is 30.2 Å². The molecule has 1 unspecified atom stereocenters. The number of amides is 1. The molecule has 4 heteroatoms. The predicted molar refractivity (Wildman–Crippen MR) is 85.5 cm³/mol. The molecule has 2 rings (SSSR count). The molecule has 0 spiro atoms. The van der Waals surface area contributed by atoms with Crippen LogP contribution >= 0.6 is 0 Å². The fourth-order valence-corrected chi connectivity index (χ4v) is 2.06. The van der Waals surface area contributed by atoms with Crippen molar-refractivity contribution in [1.82, 2.24) is 4.90 Å². The normalized spacial score (nSPS) is 11.8. The molecule has 0 aliphatic carbocycles. The van der Waals surface area contributed by atoms with Crippen molar-refractivity contribution < 1.29 is 14.6 Å². The molecular weight excluding hydrogens is 278 g/mol. The van der Waals surface area contributed by atoms with Gasteiger partial charge in [0.1, 0.15) is 5.75 Å². The molecule has 0 aromatic heterocycles. The van der Waals surface area contributed by atoms with E-state index in [4.69, 9.17) is 4.74 Å². The Morgan fingerprint density at radius 1 is 1.18 bits per heavy atom. The van der Waals surface area contributed by atoms with Crippen molar-refractivity contribution in [2.24, 2.45) is 0 Å². The molecule has 0 fully saturated rings. The van der Waals surface area contributed by atoms with Crippen LogP contribution < -0.4 is 4.74 Å². The monoisotopic (exact) mass is 299 g/mol. The molecular formula is C18H21NO3. The number of carbonyl (C=O) groups excluding carboxylic acids is 1. The van der Waals surface area contributed by atoms with Gasteiger partial charge in [-0.2, -0.15) is 0 Å². The molecule has 0 radical (unpaired) electrons. The lowest BCUT2D eigenvalue weighted by Gasteiger charge is -2.18. The molecule has 1 amide bonds. The number of aliphatic hydroxyl groups excluding tert-OH is 1. The first-order valence-corrected chi connectivity index (χ1v) is 7.25. The van der Waals surface area contributed by atoms with Gasteiger partial charge in [0.15, 0.2) is 6.61 Å². The van der Waals surface area contributed by atoms with Gasteiger partial charge in [-0.25, -0.2) is 0 Å². The second kappa shape index (κ2) is 7.61. The van der Waals surface area contributed by atoms with Crippen LogP contribution in [0.25, 0.3) is 0 Å². The Balaban J connectivity index is 1.88. The second-order valence-corrected chi connectivity index (χ2v) is 5.27. The van der Waals surface area contributed by atoms with Crippen molar-refractivity contribution in [3.63, 3.8) is 0 Å². The Morgan fingerprint density at radius 3 is 2.59 bits per heavy atom. The maximum absolute atomic E-state index is 12.1. The van der Waals surface area contributed by atoms with Gasteiger partial charge < -0.3 is 14.7 Å². The molecule has 0 aliphatic heterocycles. The summed E-state index contributed by atoms with van der Waals surface area (Å²) in [5, 5.41) is 9.55. The zero-order valence-electron chi connectivity index (χ0n) is 12.9. The first-order valence-electron chi connectivity index (χ1n) is 7.25. The highest BCUT2D eigenvalue weighted by Crippen LogP contribution is 2.18. The van der Waals surface area contributed by atoms with E-state index in [1.807, 2.05) is 36.4 Å². The van der Waals surface area contributed by atoms with Gasteiger partial charge in [0.05, 0.1) is 6.10 Å². The molecule has 0 saturated carbocycles. The summed E-state index contributed by atoms with van der Waals surface area (Å²) < 4.78 is 5.52. The number of aliphatic hydroxyl groups is 1. The molecule has 2 aromatic rings. The number of hydrogen-bond donors (Lipinski definition) is 1. The smallest absolute Gasteiger partial charge is 0.260 e. The lowest BCUT2D eigenvalue weighted by atomic mass is 10.1. The number of hydrogen-bond acceptors (Lipinski definition) is 3. The minimum Gasteiger partial charge on any atom is -0.484 e. The molecule has 0 heterocycles. The number of ether oxygens (including phenoxy) is 1. The summed E-state index contributed by atoms with van der Waals surface area (Å²) in [5.74, 6) is 0.492. The van der Waals surface area contributed by atoms with Crippen LogP contribution in [0.5, 0.6) is 5.75 Å². The minimum atomic E-state index is -0.556. The van der Waals surface area contributed by atoms with Gasteiger partial charge in [-0.3, -0.25) is 4.79 Å². The Hall–Kier alpha value is -2.33. The number of benzene rings is 2. The zero-order chi connectivity index (χ0) is 15.9. The highest BCUT2D eigenvalue weighted by Gasteiger charge is 2.10. The topological polar surface area (TPSA) is 49.8 Å². The summed E-state index contributed by atoms with van der Waals surface area (Å²) in [6.07, 6.45) is -0.556. The van der Waals surface area contributed by atoms with E-state index in [9.17, 15) is 9.90 Å². The summed E-state index contributed by atoms with van der Waals surface area (Å²) in [5.41, 5.74) is 1.84. The number of rotatable bonds is 6. The standard InChI is InChI=1S/C18H21NO3/c1-14(20)16-9-6-10-17(11-16)22-13-18(21)19(2)12-15-7-4-3-5-8-15/h3-11,14,20H,12-13H2,1-2H3. The Kier molecular flexibility index (Phi) is 5.55. The largest absolute Gasteiger partial charge is 0.484 e. The van der Waals surface area contributed by atoms with Crippen molar-refractivity contribution in [1.29, 1.82) is 0 Å². The van der Waals surface area contributed by atoms with Gasteiger partial charge in [0.25, 0.3) is 5.91 Å². The van der Waals surface area contributed by atoms with Crippen LogP contribution in [0.1, 0.15) is 24.2 Å². The van der Waals surface area contributed by atoms with Crippen molar-refractivity contribution in [3.8, 4) is 5.75 Å². The summed E-state index contributed by atoms with van der Waals surface area (Å²) in [4.78, 5) is 13.7. The van der Waals surface area contributed by atoms with E-state index in [-0.39, 0.29) is 12.5 Å². The van der Waals surface area contributed by atoms with Crippen LogP contribution in [0.3, 0.4) is 0 Å². The lowest BCUT2D eigenvalue weighted by molar-refractivity contribution is -0.132. The van der Waals surface area contributed by atoms with E-state index in [1.54, 1.807) is 37.1 Å². The highest BCUT2D eigenvalue weighted by molar-refractivity contribution is 5.77. The molecule has 0 bridgehead atoms. The van der Waals surface area contributed by atoms with E-state index >= 15 is 0 Å². The minimum absolute atomic E-state index is 0.0212. The molecule has 2 aromatic carbocycles. The Morgan fingerprint density at radius 2 is 1.91 bits per heavy atom. The van der Waals surface area contributed by atoms with E-state index in [2.05, 4.69) is 0 Å². The van der Waals surface area contributed by atoms with Gasteiger partial charge in [-0.1, -0.05) is 42.5 Å². The summed E-state index contributed by atoms with van der Waals surface area (Å²) >= 11 is 0. The maximum atomic E-state index is 12.1. The first-order chi connectivity index (χ1) is 10.6. The molecule has 0 aliphatic rings. The average Bonchev–Trinajstić information content (AvgIpc) is 2.53. The fraction of sp³-hybridized carbons (Fsp3) is 0.278. The van der Waals surface area contributed by atoms with Crippen molar-refractivity contribution in [3.05, 3.63) is 65.7 Å². The van der Waals surface area contributed by atoms with Gasteiger partial charge in [0.2, 0.25) is 0 Å². The van der Waals surface area contributed by atoms with E-state index in [0.717, 1.165) is 11.1 Å². The van der Waals surface area contributed by atoms with Crippen molar-refractivity contribution in [2.75, 3.05) is 13.7 Å². The van der Waals surface area contributed by atoms with Crippen LogP contribution in [-0.4, -0.2) is 29.6 Å². The third-order valence-electron chi connectivity index (χ3n) is 3.39. The predicted octanol–water partition coefficient (Wildman–Crippen LogP) is 2.78. The van der Waals surface area contributed by atoms with Crippen molar-refractivity contribution in [2.45, 2.75) is 19.6 Å². The van der Waals surface area contributed by atoms with Gasteiger partial charge in [-0.15, -0.1) is 0 Å². The van der Waals surface area contributed by atoms with Crippen LogP contribution in [0.2, 0.25) is 0 Å². The quantitative estimate of drug-likeness (QED) is 0.892. The third-order valence-corrected chi connectivity index (χ3v) is 3.39. The zero-order valence-corrected chi connectivity index (χ0v) is 12.9. The summed E-state index contributed by atoms with van der Waals surface area (Å²) in [7, 11) is 1.75. The summed E-state index contributed by atoms with van der Waals surface area (Å²) in [6, 6.07) is 17.0. The molecule has 0 saturated heterocycles. The van der Waals surface area contributed by atoms with E-state index < -0.39 is 6.10 Å². The van der Waals surface area contributed by atoms with Gasteiger partial charge >= 0.3 is 0 Å². The number of nitrogens with zero attached hydrogens (tertiary/aromatic N) is 1. The van der Waals surface area contributed by atoms with Crippen LogP contribution in [-0.2, 0) is 11.3 Å². The van der Waals surface area contributed by atoms with Crippen LogP contribution in [0.4, 0.5) is 0 Å². The highest BCUT2D eigenvalue weighted by atomic mass is 16.5. The lowest BCUT2D eigenvalue weighted by Crippen LogP contribution is -2.30. The van der Waals surface area contributed by atoms with E-state index in [1.165, 1.54) is 0 Å². The molecule has 116 valence electrons. The van der Waals surface area contributed by atoms with Crippen molar-refractivity contribution >= 4 is 5.91 Å². The average molecular weight is 299 g/mol. The molecule has 1 atom stereocenters.